The number of aromatic hydroxyl groups is 1. The number of hydrogen-bond acceptors (Lipinski definition) is 1. The van der Waals surface area contributed by atoms with E-state index in [-0.39, 0.29) is 5.75 Å². The Kier molecular flexibility index (Phi) is 2.88. The number of rotatable bonds is 1. The van der Waals surface area contributed by atoms with Crippen LogP contribution in [-0.2, 0) is 0 Å². The molecule has 0 radical (unpaired) electrons. The van der Waals surface area contributed by atoms with Crippen LogP contribution in [0.4, 0.5) is 0 Å². The summed E-state index contributed by atoms with van der Waals surface area (Å²) in [5.74, 6) is 0.285. The fraction of sp³-hybridized carbons (Fsp3) is 0.143. The molecule has 2 aromatic carbocycles. The first-order valence-electron chi connectivity index (χ1n) is 5.14. The fourth-order valence-corrected chi connectivity index (χ4v) is 2.32. The molecule has 1 nitrogen and oxygen atoms in total. The normalized spacial score (nSPS) is 10.4. The van der Waals surface area contributed by atoms with E-state index >= 15 is 0 Å². The molecule has 0 heterocycles. The summed E-state index contributed by atoms with van der Waals surface area (Å²) in [4.78, 5) is 0. The van der Waals surface area contributed by atoms with E-state index < -0.39 is 0 Å². The summed E-state index contributed by atoms with van der Waals surface area (Å²) in [6, 6.07) is 11.1. The lowest BCUT2D eigenvalue weighted by Gasteiger charge is -2.10. The first kappa shape index (κ1) is 11.0. The third-order valence-corrected chi connectivity index (χ3v) is 2.87. The summed E-state index contributed by atoms with van der Waals surface area (Å²) in [5.41, 5.74) is 4.58. The molecule has 0 amide bonds. The highest BCUT2D eigenvalue weighted by molar-refractivity contribution is 6.30. The van der Waals surface area contributed by atoms with E-state index in [0.29, 0.717) is 0 Å². The maximum atomic E-state index is 9.27. The molecule has 82 valence electrons. The molecule has 0 atom stereocenters. The van der Waals surface area contributed by atoms with Crippen molar-refractivity contribution >= 4 is 11.6 Å². The Hall–Kier alpha value is -1.47. The van der Waals surface area contributed by atoms with Crippen molar-refractivity contribution in [2.45, 2.75) is 13.8 Å². The van der Waals surface area contributed by atoms with Gasteiger partial charge in [0.2, 0.25) is 0 Å². The van der Waals surface area contributed by atoms with Gasteiger partial charge < -0.3 is 5.11 Å². The van der Waals surface area contributed by atoms with Crippen molar-refractivity contribution in [1.82, 2.24) is 0 Å². The maximum absolute atomic E-state index is 9.27. The molecule has 16 heavy (non-hydrogen) atoms. The second kappa shape index (κ2) is 4.18. The molecule has 0 aromatic heterocycles. The SMILES string of the molecule is Cc1cc(Cl)cc(C)c1-c1ccc(O)cc1. The second-order valence-corrected chi connectivity index (χ2v) is 4.40. The van der Waals surface area contributed by atoms with Crippen molar-refractivity contribution in [3.63, 3.8) is 0 Å². The highest BCUT2D eigenvalue weighted by atomic mass is 35.5. The van der Waals surface area contributed by atoms with Gasteiger partial charge in [0.05, 0.1) is 0 Å². The number of halogens is 1. The van der Waals surface area contributed by atoms with Crippen LogP contribution in [0, 0.1) is 13.8 Å². The molecule has 0 aliphatic carbocycles. The highest BCUT2D eigenvalue weighted by Crippen LogP contribution is 2.30. The van der Waals surface area contributed by atoms with Crippen LogP contribution in [0.2, 0.25) is 5.02 Å². The Balaban J connectivity index is 2.60. The first-order valence-corrected chi connectivity index (χ1v) is 5.52. The standard InChI is InChI=1S/C14H13ClO/c1-9-7-12(15)8-10(2)14(9)11-3-5-13(16)6-4-11/h3-8,16H,1-2H3. The van der Waals surface area contributed by atoms with Gasteiger partial charge in [0, 0.05) is 5.02 Å². The van der Waals surface area contributed by atoms with Gasteiger partial charge in [-0.25, -0.2) is 0 Å². The van der Waals surface area contributed by atoms with E-state index in [1.165, 1.54) is 5.56 Å². The predicted molar refractivity (Wildman–Crippen MR) is 68.0 cm³/mol. The molecular formula is C14H13ClO. The van der Waals surface area contributed by atoms with Gasteiger partial charge in [-0.15, -0.1) is 0 Å². The van der Waals surface area contributed by atoms with Gasteiger partial charge in [-0.3, -0.25) is 0 Å². The molecule has 0 aliphatic rings. The average Bonchev–Trinajstić information content (AvgIpc) is 2.19. The summed E-state index contributed by atoms with van der Waals surface area (Å²) < 4.78 is 0. The fourth-order valence-electron chi connectivity index (χ4n) is 1.99. The molecule has 1 N–H and O–H groups in total. The Morgan fingerprint density at radius 1 is 0.938 bits per heavy atom. The van der Waals surface area contributed by atoms with Crippen LogP contribution >= 0.6 is 11.6 Å². The van der Waals surface area contributed by atoms with E-state index in [1.807, 2.05) is 38.1 Å². The minimum atomic E-state index is 0.285. The Labute approximate surface area is 100 Å². The number of hydrogen-bond donors (Lipinski definition) is 1. The lowest BCUT2D eigenvalue weighted by molar-refractivity contribution is 0.475. The second-order valence-electron chi connectivity index (χ2n) is 3.96. The molecule has 0 bridgehead atoms. The number of phenols is 1. The summed E-state index contributed by atoms with van der Waals surface area (Å²) >= 11 is 5.99. The van der Waals surface area contributed by atoms with Gasteiger partial charge >= 0.3 is 0 Å². The minimum absolute atomic E-state index is 0.285. The van der Waals surface area contributed by atoms with E-state index in [9.17, 15) is 5.11 Å². The number of phenolic OH excluding ortho intramolecular Hbond substituents is 1. The number of aryl methyl sites for hydroxylation is 2. The lowest BCUT2D eigenvalue weighted by atomic mass is 9.96. The van der Waals surface area contributed by atoms with Crippen LogP contribution in [0.15, 0.2) is 36.4 Å². The average molecular weight is 233 g/mol. The Morgan fingerprint density at radius 3 is 1.94 bits per heavy atom. The maximum Gasteiger partial charge on any atom is 0.115 e. The molecule has 2 rings (SSSR count). The lowest BCUT2D eigenvalue weighted by Crippen LogP contribution is -1.88. The predicted octanol–water partition coefficient (Wildman–Crippen LogP) is 4.33. The van der Waals surface area contributed by atoms with Crippen LogP contribution in [0.5, 0.6) is 5.75 Å². The molecule has 2 heteroatoms. The summed E-state index contributed by atoms with van der Waals surface area (Å²) in [5, 5.41) is 10.0. The van der Waals surface area contributed by atoms with Gasteiger partial charge in [0.1, 0.15) is 5.75 Å². The zero-order valence-electron chi connectivity index (χ0n) is 9.29. The smallest absolute Gasteiger partial charge is 0.115 e. The third-order valence-electron chi connectivity index (χ3n) is 2.65. The van der Waals surface area contributed by atoms with Crippen molar-refractivity contribution in [1.29, 1.82) is 0 Å². The van der Waals surface area contributed by atoms with Crippen molar-refractivity contribution in [2.24, 2.45) is 0 Å². The zero-order valence-corrected chi connectivity index (χ0v) is 10.0. The third kappa shape index (κ3) is 2.05. The number of benzene rings is 2. The molecule has 2 aromatic rings. The van der Waals surface area contributed by atoms with Crippen molar-refractivity contribution in [3.05, 3.63) is 52.5 Å². The molecule has 0 spiro atoms. The minimum Gasteiger partial charge on any atom is -0.508 e. The van der Waals surface area contributed by atoms with Gasteiger partial charge in [0.15, 0.2) is 0 Å². The van der Waals surface area contributed by atoms with Crippen molar-refractivity contribution in [3.8, 4) is 16.9 Å². The topological polar surface area (TPSA) is 20.2 Å². The van der Waals surface area contributed by atoms with E-state index in [0.717, 1.165) is 21.7 Å². The molecule has 0 saturated carbocycles. The Morgan fingerprint density at radius 2 is 1.44 bits per heavy atom. The highest BCUT2D eigenvalue weighted by Gasteiger charge is 2.06. The van der Waals surface area contributed by atoms with Gasteiger partial charge in [0.25, 0.3) is 0 Å². The largest absolute Gasteiger partial charge is 0.508 e. The molecule has 0 unspecified atom stereocenters. The van der Waals surface area contributed by atoms with Crippen LogP contribution in [0.3, 0.4) is 0 Å². The monoisotopic (exact) mass is 232 g/mol. The summed E-state index contributed by atoms with van der Waals surface area (Å²) in [6.45, 7) is 4.09. The van der Waals surface area contributed by atoms with Gasteiger partial charge in [-0.1, -0.05) is 23.7 Å². The Bertz CT molecular complexity index is 492. The quantitative estimate of drug-likeness (QED) is 0.776. The molecule has 0 aliphatic heterocycles. The van der Waals surface area contributed by atoms with E-state index in [1.54, 1.807) is 12.1 Å². The molecule has 0 saturated heterocycles. The van der Waals surface area contributed by atoms with Crippen LogP contribution in [0.1, 0.15) is 11.1 Å². The van der Waals surface area contributed by atoms with E-state index in [2.05, 4.69) is 0 Å². The summed E-state index contributed by atoms with van der Waals surface area (Å²) in [7, 11) is 0. The first-order chi connectivity index (χ1) is 7.58. The van der Waals surface area contributed by atoms with Crippen molar-refractivity contribution < 1.29 is 5.11 Å². The van der Waals surface area contributed by atoms with Crippen LogP contribution < -0.4 is 0 Å². The van der Waals surface area contributed by atoms with Crippen molar-refractivity contribution in [2.75, 3.05) is 0 Å². The van der Waals surface area contributed by atoms with Crippen LogP contribution in [-0.4, -0.2) is 5.11 Å². The van der Waals surface area contributed by atoms with Crippen LogP contribution in [0.25, 0.3) is 11.1 Å². The van der Waals surface area contributed by atoms with Gasteiger partial charge in [-0.2, -0.15) is 0 Å². The molecular weight excluding hydrogens is 220 g/mol. The van der Waals surface area contributed by atoms with E-state index in [4.69, 9.17) is 11.6 Å². The van der Waals surface area contributed by atoms with Gasteiger partial charge in [-0.05, 0) is 60.4 Å². The molecule has 0 fully saturated rings. The zero-order chi connectivity index (χ0) is 11.7. The summed E-state index contributed by atoms with van der Waals surface area (Å²) in [6.07, 6.45) is 0.